The van der Waals surface area contributed by atoms with Gasteiger partial charge in [0.2, 0.25) is 0 Å². The largest absolute Gasteiger partial charge is 0.493 e. The molecule has 0 heterocycles. The summed E-state index contributed by atoms with van der Waals surface area (Å²) in [5.41, 5.74) is 1.89. The predicted molar refractivity (Wildman–Crippen MR) is 84.4 cm³/mol. The van der Waals surface area contributed by atoms with Crippen LogP contribution in [-0.4, -0.2) is 5.97 Å². The minimum Gasteiger partial charge on any atom is -0.493 e. The summed E-state index contributed by atoms with van der Waals surface area (Å²) in [7, 11) is 0. The second-order valence-corrected chi connectivity index (χ2v) is 5.22. The van der Waals surface area contributed by atoms with Gasteiger partial charge in [0.05, 0.1) is 12.2 Å². The van der Waals surface area contributed by atoms with Crippen LogP contribution in [0, 0.1) is 5.92 Å². The number of ether oxygens (including phenoxy) is 2. The van der Waals surface area contributed by atoms with E-state index >= 15 is 0 Å². The summed E-state index contributed by atoms with van der Waals surface area (Å²) in [6.07, 6.45) is 3.35. The summed E-state index contributed by atoms with van der Waals surface area (Å²) >= 11 is 0. The van der Waals surface area contributed by atoms with Crippen LogP contribution < -0.4 is 0 Å². The first-order valence-corrected chi connectivity index (χ1v) is 7.21. The van der Waals surface area contributed by atoms with Crippen molar-refractivity contribution in [2.24, 2.45) is 5.92 Å². The first-order valence-electron chi connectivity index (χ1n) is 7.21. The summed E-state index contributed by atoms with van der Waals surface area (Å²) in [4.78, 5) is 11.6. The maximum absolute atomic E-state index is 11.6. The maximum Gasteiger partial charge on any atom is 0.313 e. The van der Waals surface area contributed by atoms with Gasteiger partial charge in [-0.15, -0.1) is 0 Å². The molecule has 114 valence electrons. The van der Waals surface area contributed by atoms with Crippen LogP contribution in [0.4, 0.5) is 0 Å². The quantitative estimate of drug-likeness (QED) is 0.429. The number of esters is 1. The van der Waals surface area contributed by atoms with Gasteiger partial charge in [-0.3, -0.25) is 4.79 Å². The fourth-order valence-corrected chi connectivity index (χ4v) is 1.66. The average molecular weight is 288 g/mol. The minimum absolute atomic E-state index is 0.0555. The van der Waals surface area contributed by atoms with E-state index in [1.54, 1.807) is 12.3 Å². The molecule has 0 saturated carbocycles. The monoisotopic (exact) mass is 288 g/mol. The van der Waals surface area contributed by atoms with E-state index in [9.17, 15) is 4.79 Å². The fourth-order valence-electron chi connectivity index (χ4n) is 1.66. The first kappa shape index (κ1) is 17.0. The molecule has 0 unspecified atom stereocenters. The van der Waals surface area contributed by atoms with Crippen molar-refractivity contribution in [3.63, 3.8) is 0 Å². The minimum atomic E-state index is -0.244. The Morgan fingerprint density at radius 3 is 2.29 bits per heavy atom. The van der Waals surface area contributed by atoms with Crippen LogP contribution in [0.15, 0.2) is 54.0 Å². The molecule has 0 aliphatic heterocycles. The molecule has 0 spiro atoms. The zero-order chi connectivity index (χ0) is 15.8. The molecule has 0 saturated heterocycles. The van der Waals surface area contributed by atoms with Crippen LogP contribution in [0.1, 0.15) is 46.3 Å². The van der Waals surface area contributed by atoms with E-state index in [1.165, 1.54) is 0 Å². The Morgan fingerprint density at radius 1 is 1.14 bits per heavy atom. The highest BCUT2D eigenvalue weighted by Gasteiger charge is 2.13. The Labute approximate surface area is 127 Å². The SMILES string of the molecule is CC=C(OC(=O)C(C)C)C(C)=CO[C@@H](C)c1ccccc1. The molecular weight excluding hydrogens is 264 g/mol. The van der Waals surface area contributed by atoms with Gasteiger partial charge in [-0.25, -0.2) is 0 Å². The van der Waals surface area contributed by atoms with Crippen molar-refractivity contribution in [1.82, 2.24) is 0 Å². The maximum atomic E-state index is 11.6. The molecule has 3 nitrogen and oxygen atoms in total. The van der Waals surface area contributed by atoms with Crippen molar-refractivity contribution in [3.8, 4) is 0 Å². The molecule has 3 heteroatoms. The molecule has 1 atom stereocenters. The van der Waals surface area contributed by atoms with Crippen LogP contribution in [-0.2, 0) is 14.3 Å². The van der Waals surface area contributed by atoms with E-state index < -0.39 is 0 Å². The van der Waals surface area contributed by atoms with Gasteiger partial charge in [-0.05, 0) is 32.4 Å². The smallest absolute Gasteiger partial charge is 0.313 e. The molecule has 1 aromatic carbocycles. The van der Waals surface area contributed by atoms with Crippen LogP contribution in [0.25, 0.3) is 0 Å². The number of benzene rings is 1. The average Bonchev–Trinajstić information content (AvgIpc) is 2.50. The molecule has 0 fully saturated rings. The number of rotatable bonds is 6. The van der Waals surface area contributed by atoms with Crippen LogP contribution in [0.2, 0.25) is 0 Å². The molecule has 0 amide bonds. The van der Waals surface area contributed by atoms with Gasteiger partial charge in [-0.2, -0.15) is 0 Å². The van der Waals surface area contributed by atoms with Crippen molar-refractivity contribution >= 4 is 5.97 Å². The van der Waals surface area contributed by atoms with Crippen molar-refractivity contribution in [2.75, 3.05) is 0 Å². The highest BCUT2D eigenvalue weighted by molar-refractivity contribution is 5.73. The van der Waals surface area contributed by atoms with E-state index in [4.69, 9.17) is 9.47 Å². The third kappa shape index (κ3) is 5.46. The van der Waals surface area contributed by atoms with Gasteiger partial charge in [-0.1, -0.05) is 44.2 Å². The Hall–Kier alpha value is -2.03. The molecular formula is C18H24O3. The third-order valence-corrected chi connectivity index (χ3v) is 3.05. The lowest BCUT2D eigenvalue weighted by molar-refractivity contribution is -0.142. The van der Waals surface area contributed by atoms with Gasteiger partial charge >= 0.3 is 5.97 Å². The van der Waals surface area contributed by atoms with Gasteiger partial charge in [0.1, 0.15) is 11.9 Å². The third-order valence-electron chi connectivity index (χ3n) is 3.05. The number of carbonyl (C=O) groups is 1. The normalized spacial score (nSPS) is 14.0. The Kier molecular flexibility index (Phi) is 6.73. The zero-order valence-electron chi connectivity index (χ0n) is 13.4. The Morgan fingerprint density at radius 2 is 1.76 bits per heavy atom. The molecule has 1 rings (SSSR count). The van der Waals surface area contributed by atoms with Gasteiger partial charge in [0.15, 0.2) is 0 Å². The molecule has 0 aliphatic carbocycles. The van der Waals surface area contributed by atoms with Crippen LogP contribution in [0.3, 0.4) is 0 Å². The summed E-state index contributed by atoms with van der Waals surface area (Å²) in [6, 6.07) is 9.97. The van der Waals surface area contributed by atoms with Crippen molar-refractivity contribution in [3.05, 3.63) is 59.6 Å². The standard InChI is InChI=1S/C18H24O3/c1-6-17(21-18(19)13(2)3)14(4)12-20-15(5)16-10-8-7-9-11-16/h6-13,15H,1-5H3/t15-/m0/s1. The second kappa shape index (κ2) is 8.30. The molecule has 0 aliphatic rings. The van der Waals surface area contributed by atoms with E-state index in [2.05, 4.69) is 0 Å². The summed E-state index contributed by atoms with van der Waals surface area (Å²) in [6.45, 7) is 9.29. The molecule has 1 aromatic rings. The lowest BCUT2D eigenvalue weighted by Crippen LogP contribution is -2.12. The van der Waals surface area contributed by atoms with Gasteiger partial charge in [0, 0.05) is 5.57 Å². The topological polar surface area (TPSA) is 35.5 Å². The van der Waals surface area contributed by atoms with Crippen molar-refractivity contribution in [2.45, 2.75) is 40.7 Å². The van der Waals surface area contributed by atoms with E-state index in [0.717, 1.165) is 11.1 Å². The summed E-state index contributed by atoms with van der Waals surface area (Å²) < 4.78 is 11.1. The fraction of sp³-hybridized carbons (Fsp3) is 0.389. The Bertz CT molecular complexity index is 513. The first-order chi connectivity index (χ1) is 9.95. The van der Waals surface area contributed by atoms with E-state index in [0.29, 0.717) is 5.76 Å². The highest BCUT2D eigenvalue weighted by atomic mass is 16.5. The summed E-state index contributed by atoms with van der Waals surface area (Å²) in [5, 5.41) is 0. The molecule has 0 radical (unpaired) electrons. The molecule has 0 N–H and O–H groups in total. The predicted octanol–water partition coefficient (Wildman–Crippen LogP) is 4.77. The van der Waals surface area contributed by atoms with Crippen LogP contribution in [0.5, 0.6) is 0 Å². The van der Waals surface area contributed by atoms with E-state index in [-0.39, 0.29) is 18.0 Å². The number of hydrogen-bond donors (Lipinski definition) is 0. The van der Waals surface area contributed by atoms with Crippen LogP contribution >= 0.6 is 0 Å². The van der Waals surface area contributed by atoms with E-state index in [1.807, 2.05) is 65.0 Å². The lowest BCUT2D eigenvalue weighted by atomic mass is 10.1. The molecule has 0 aromatic heterocycles. The Balaban J connectivity index is 2.68. The second-order valence-electron chi connectivity index (χ2n) is 5.22. The number of carbonyl (C=O) groups excluding carboxylic acids is 1. The molecule has 21 heavy (non-hydrogen) atoms. The zero-order valence-corrected chi connectivity index (χ0v) is 13.4. The number of hydrogen-bond acceptors (Lipinski definition) is 3. The number of allylic oxidation sites excluding steroid dienone is 2. The summed E-state index contributed by atoms with van der Waals surface area (Å²) in [5.74, 6) is 0.137. The van der Waals surface area contributed by atoms with Gasteiger partial charge < -0.3 is 9.47 Å². The highest BCUT2D eigenvalue weighted by Crippen LogP contribution is 2.19. The lowest BCUT2D eigenvalue weighted by Gasteiger charge is -2.14. The van der Waals surface area contributed by atoms with Crippen molar-refractivity contribution < 1.29 is 14.3 Å². The van der Waals surface area contributed by atoms with Gasteiger partial charge in [0.25, 0.3) is 0 Å². The molecule has 0 bridgehead atoms. The van der Waals surface area contributed by atoms with Crippen molar-refractivity contribution in [1.29, 1.82) is 0 Å².